The molecule has 1 heterocycles. The van der Waals surface area contributed by atoms with Crippen LogP contribution < -0.4 is 10.6 Å². The molecule has 0 unspecified atom stereocenters. The maximum Gasteiger partial charge on any atom is 0.291 e. The van der Waals surface area contributed by atoms with E-state index in [1.807, 2.05) is 0 Å². The summed E-state index contributed by atoms with van der Waals surface area (Å²) in [6.07, 6.45) is 0. The molecule has 2 aromatic rings. The Kier molecular flexibility index (Phi) is 5.91. The first-order chi connectivity index (χ1) is 11.0. The van der Waals surface area contributed by atoms with Crippen LogP contribution >= 0.6 is 11.8 Å². The minimum atomic E-state index is -2.64. The largest absolute Gasteiger partial charge is 0.355 e. The smallest absolute Gasteiger partial charge is 0.291 e. The van der Waals surface area contributed by atoms with Crippen LogP contribution in [0.15, 0.2) is 29.4 Å². The second-order valence-electron chi connectivity index (χ2n) is 4.58. The molecule has 2 amide bonds. The van der Waals surface area contributed by atoms with Gasteiger partial charge in [-0.3, -0.25) is 9.59 Å². The lowest BCUT2D eigenvalue weighted by atomic mass is 10.3. The van der Waals surface area contributed by atoms with Crippen LogP contribution in [0.4, 0.5) is 8.78 Å². The number of nitrogens with one attached hydrogen (secondary N) is 2. The second-order valence-corrected chi connectivity index (χ2v) is 5.54. The van der Waals surface area contributed by atoms with Crippen LogP contribution in [0.25, 0.3) is 11.0 Å². The van der Waals surface area contributed by atoms with Gasteiger partial charge in [-0.2, -0.15) is 8.78 Å². The fraction of sp³-hybridized carbons (Fsp3) is 0.357. The van der Waals surface area contributed by atoms with Crippen molar-refractivity contribution >= 4 is 34.6 Å². The molecule has 0 bridgehead atoms. The number of likely N-dealkylation sites (N-methyl/N-ethyl adjacent to an activating group) is 1. The number of alkyl halides is 2. The van der Waals surface area contributed by atoms with Gasteiger partial charge in [-0.25, -0.2) is 4.98 Å². The summed E-state index contributed by atoms with van der Waals surface area (Å²) in [5.74, 6) is -3.39. The molecule has 9 heteroatoms. The first-order valence-electron chi connectivity index (χ1n) is 6.94. The van der Waals surface area contributed by atoms with E-state index >= 15 is 0 Å². The Morgan fingerprint density at radius 1 is 1.26 bits per heavy atom. The Morgan fingerprint density at radius 2 is 2.00 bits per heavy atom. The van der Waals surface area contributed by atoms with E-state index < -0.39 is 11.7 Å². The average Bonchev–Trinajstić information content (AvgIpc) is 2.82. The normalized spacial score (nSPS) is 11.0. The highest BCUT2D eigenvalue weighted by Gasteiger charge is 2.17. The molecule has 2 rings (SSSR count). The van der Waals surface area contributed by atoms with Gasteiger partial charge in [-0.1, -0.05) is 12.1 Å². The first-order valence-corrected chi connectivity index (χ1v) is 7.82. The summed E-state index contributed by atoms with van der Waals surface area (Å²) in [6, 6.07) is 6.87. The van der Waals surface area contributed by atoms with Crippen LogP contribution in [0.3, 0.4) is 0 Å². The number of benzene rings is 1. The third-order valence-corrected chi connectivity index (χ3v) is 3.64. The van der Waals surface area contributed by atoms with Crippen molar-refractivity contribution in [1.82, 2.24) is 20.2 Å². The summed E-state index contributed by atoms with van der Waals surface area (Å²) < 4.78 is 26.7. The minimum Gasteiger partial charge on any atom is -0.355 e. The summed E-state index contributed by atoms with van der Waals surface area (Å²) >= 11 is 0.285. The maximum atomic E-state index is 12.7. The molecular weight excluding hydrogens is 326 g/mol. The molecule has 0 fully saturated rings. The van der Waals surface area contributed by atoms with E-state index in [0.29, 0.717) is 17.6 Å². The molecule has 0 radical (unpaired) electrons. The lowest BCUT2D eigenvalue weighted by Gasteiger charge is -2.09. The molecule has 1 aromatic carbocycles. The predicted molar refractivity (Wildman–Crippen MR) is 83.3 cm³/mol. The van der Waals surface area contributed by atoms with Crippen molar-refractivity contribution in [1.29, 1.82) is 0 Å². The van der Waals surface area contributed by atoms with Gasteiger partial charge in [0.2, 0.25) is 11.8 Å². The summed E-state index contributed by atoms with van der Waals surface area (Å²) in [4.78, 5) is 27.4. The quantitative estimate of drug-likeness (QED) is 0.750. The van der Waals surface area contributed by atoms with E-state index in [2.05, 4.69) is 15.6 Å². The number of para-hydroxylation sites is 2. The molecule has 124 valence electrons. The maximum absolute atomic E-state index is 12.7. The van der Waals surface area contributed by atoms with Crippen LogP contribution in [0.1, 0.15) is 6.92 Å². The van der Waals surface area contributed by atoms with Crippen molar-refractivity contribution in [2.75, 3.05) is 13.1 Å². The van der Waals surface area contributed by atoms with Crippen LogP contribution in [0.5, 0.6) is 0 Å². The van der Waals surface area contributed by atoms with E-state index in [0.717, 1.165) is 0 Å². The number of fused-ring (bicyclic) bond motifs is 1. The number of rotatable bonds is 7. The van der Waals surface area contributed by atoms with E-state index in [1.165, 1.54) is 4.57 Å². The summed E-state index contributed by atoms with van der Waals surface area (Å²) in [6.45, 7) is 1.90. The Balaban J connectivity index is 2.14. The molecule has 0 aliphatic rings. The van der Waals surface area contributed by atoms with Crippen LogP contribution in [0, 0.1) is 0 Å². The minimum absolute atomic E-state index is 0.0642. The zero-order valence-corrected chi connectivity index (χ0v) is 13.2. The summed E-state index contributed by atoms with van der Waals surface area (Å²) in [5.41, 5.74) is 1.12. The van der Waals surface area contributed by atoms with Gasteiger partial charge in [0.05, 0.1) is 17.6 Å². The van der Waals surface area contributed by atoms with E-state index in [9.17, 15) is 18.4 Å². The number of nitrogens with zero attached hydrogens (tertiary/aromatic N) is 2. The topological polar surface area (TPSA) is 76.0 Å². The zero-order valence-electron chi connectivity index (χ0n) is 12.4. The molecule has 1 aromatic heterocycles. The number of imidazole rings is 1. The third kappa shape index (κ3) is 4.65. The molecule has 0 saturated heterocycles. The molecule has 23 heavy (non-hydrogen) atoms. The molecule has 0 atom stereocenters. The van der Waals surface area contributed by atoms with Crippen LogP contribution in [-0.4, -0.2) is 40.2 Å². The molecule has 0 aliphatic carbocycles. The monoisotopic (exact) mass is 342 g/mol. The first kappa shape index (κ1) is 17.2. The van der Waals surface area contributed by atoms with Gasteiger partial charge in [0.25, 0.3) is 5.76 Å². The van der Waals surface area contributed by atoms with Gasteiger partial charge < -0.3 is 15.2 Å². The lowest BCUT2D eigenvalue weighted by molar-refractivity contribution is -0.126. The average molecular weight is 342 g/mol. The molecule has 0 spiro atoms. The van der Waals surface area contributed by atoms with Crippen molar-refractivity contribution in [2.24, 2.45) is 0 Å². The molecule has 0 aliphatic heterocycles. The Labute approximate surface area is 135 Å². The van der Waals surface area contributed by atoms with Crippen LogP contribution in [0.2, 0.25) is 0 Å². The van der Waals surface area contributed by atoms with Crippen molar-refractivity contribution in [3.63, 3.8) is 0 Å². The number of hydrogen-bond donors (Lipinski definition) is 2. The number of thioether (sulfide) groups is 1. The van der Waals surface area contributed by atoms with E-state index in [-0.39, 0.29) is 35.9 Å². The SMILES string of the molecule is CCNC(=O)CNC(=O)Cn1c(SC(F)F)nc2ccccc21. The predicted octanol–water partition coefficient (Wildman–Crippen LogP) is 1.60. The summed E-state index contributed by atoms with van der Waals surface area (Å²) in [5, 5.41) is 5.07. The van der Waals surface area contributed by atoms with Gasteiger partial charge in [0.15, 0.2) is 5.16 Å². The molecule has 0 saturated carbocycles. The number of amides is 2. The number of aromatic nitrogens is 2. The highest BCUT2D eigenvalue weighted by atomic mass is 32.2. The lowest BCUT2D eigenvalue weighted by Crippen LogP contribution is -2.38. The number of hydrogen-bond acceptors (Lipinski definition) is 4. The van der Waals surface area contributed by atoms with Gasteiger partial charge in [-0.05, 0) is 30.8 Å². The van der Waals surface area contributed by atoms with Gasteiger partial charge >= 0.3 is 0 Å². The molecule has 6 nitrogen and oxygen atoms in total. The third-order valence-electron chi connectivity index (χ3n) is 2.94. The highest BCUT2D eigenvalue weighted by molar-refractivity contribution is 7.99. The van der Waals surface area contributed by atoms with Crippen molar-refractivity contribution < 1.29 is 18.4 Å². The highest BCUT2D eigenvalue weighted by Crippen LogP contribution is 2.28. The second kappa shape index (κ2) is 7.91. The van der Waals surface area contributed by atoms with Gasteiger partial charge in [0.1, 0.15) is 6.54 Å². The van der Waals surface area contributed by atoms with Crippen LogP contribution in [-0.2, 0) is 16.1 Å². The van der Waals surface area contributed by atoms with Crippen molar-refractivity contribution in [2.45, 2.75) is 24.4 Å². The van der Waals surface area contributed by atoms with Gasteiger partial charge in [0, 0.05) is 6.54 Å². The van der Waals surface area contributed by atoms with E-state index in [4.69, 9.17) is 0 Å². The number of carbonyl (C=O) groups excluding carboxylic acids is 2. The number of halogens is 2. The molecular formula is C14H16F2N4O2S. The summed E-state index contributed by atoms with van der Waals surface area (Å²) in [7, 11) is 0. The van der Waals surface area contributed by atoms with Gasteiger partial charge in [-0.15, -0.1) is 0 Å². The standard InChI is InChI=1S/C14H16F2N4O2S/c1-2-17-11(21)7-18-12(22)8-20-10-6-4-3-5-9(10)19-14(20)23-13(15)16/h3-6,13H,2,7-8H2,1H3,(H,17,21)(H,18,22). The zero-order chi connectivity index (χ0) is 16.8. The molecule has 2 N–H and O–H groups in total. The fourth-order valence-electron chi connectivity index (χ4n) is 2.01. The Bertz CT molecular complexity index is 705. The fourth-order valence-corrected chi connectivity index (χ4v) is 2.61. The van der Waals surface area contributed by atoms with Crippen molar-refractivity contribution in [3.05, 3.63) is 24.3 Å². The Morgan fingerprint density at radius 3 is 2.70 bits per heavy atom. The Hall–Kier alpha value is -2.16. The van der Waals surface area contributed by atoms with Crippen molar-refractivity contribution in [3.8, 4) is 0 Å². The van der Waals surface area contributed by atoms with E-state index in [1.54, 1.807) is 31.2 Å². The number of carbonyl (C=O) groups is 2.